The Hall–Kier alpha value is -0.0400. The average molecular weight is 167 g/mol. The molecule has 1 aliphatic heterocycles. The molecule has 0 amide bonds. The van der Waals surface area contributed by atoms with Gasteiger partial charge in [-0.1, -0.05) is 13.8 Å². The maximum Gasteiger partial charge on any atom is 0.000711 e. The van der Waals surface area contributed by atoms with E-state index in [9.17, 15) is 0 Å². The van der Waals surface area contributed by atoms with Gasteiger partial charge in [0.05, 0.1) is 0 Å². The number of hydrogen-bond acceptors (Lipinski definition) is 1. The van der Waals surface area contributed by atoms with E-state index >= 15 is 0 Å². The second-order valence-electron chi connectivity index (χ2n) is 4.95. The van der Waals surface area contributed by atoms with Crippen molar-refractivity contribution in [2.24, 2.45) is 11.3 Å². The van der Waals surface area contributed by atoms with Crippen LogP contribution in [0.4, 0.5) is 0 Å². The van der Waals surface area contributed by atoms with Gasteiger partial charge in [0.15, 0.2) is 0 Å². The fourth-order valence-corrected chi connectivity index (χ4v) is 2.75. The van der Waals surface area contributed by atoms with E-state index in [2.05, 4.69) is 18.7 Å². The molecule has 0 bridgehead atoms. The van der Waals surface area contributed by atoms with E-state index in [1.54, 1.807) is 0 Å². The van der Waals surface area contributed by atoms with Gasteiger partial charge in [0.25, 0.3) is 0 Å². The van der Waals surface area contributed by atoms with Crippen LogP contribution in [0.3, 0.4) is 0 Å². The smallest absolute Gasteiger partial charge is 0.000711 e. The maximum absolute atomic E-state index is 2.62. The predicted molar refractivity (Wildman–Crippen MR) is 52.2 cm³/mol. The number of likely N-dealkylation sites (tertiary alicyclic amines) is 1. The molecule has 1 heterocycles. The Labute approximate surface area is 76.1 Å². The first-order chi connectivity index (χ1) is 5.74. The van der Waals surface area contributed by atoms with Crippen LogP contribution in [0.5, 0.6) is 0 Å². The van der Waals surface area contributed by atoms with Gasteiger partial charge in [-0.25, -0.2) is 0 Å². The van der Waals surface area contributed by atoms with Crippen LogP contribution in [-0.2, 0) is 0 Å². The number of hydrogen-bond donors (Lipinski definition) is 0. The molecule has 0 aromatic heterocycles. The molecular formula is C11H21N. The first-order valence-corrected chi connectivity index (χ1v) is 5.46. The van der Waals surface area contributed by atoms with E-state index < -0.39 is 0 Å². The largest absolute Gasteiger partial charge is 0.303 e. The molecule has 1 heteroatoms. The van der Waals surface area contributed by atoms with Gasteiger partial charge in [-0.2, -0.15) is 0 Å². The molecule has 0 N–H and O–H groups in total. The van der Waals surface area contributed by atoms with Crippen molar-refractivity contribution in [3.8, 4) is 0 Å². The molecule has 1 nitrogen and oxygen atoms in total. The summed E-state index contributed by atoms with van der Waals surface area (Å²) in [5.74, 6) is 0.940. The van der Waals surface area contributed by atoms with Gasteiger partial charge in [-0.05, 0) is 50.1 Å². The van der Waals surface area contributed by atoms with Crippen LogP contribution in [-0.4, -0.2) is 24.5 Å². The average Bonchev–Trinajstić information content (AvgIpc) is 2.80. The summed E-state index contributed by atoms with van der Waals surface area (Å²) in [5.41, 5.74) is 0.823. The zero-order valence-corrected chi connectivity index (χ0v) is 8.47. The van der Waals surface area contributed by atoms with Crippen molar-refractivity contribution in [1.82, 2.24) is 4.90 Å². The molecule has 1 saturated heterocycles. The van der Waals surface area contributed by atoms with E-state index in [0.29, 0.717) is 0 Å². The molecule has 0 radical (unpaired) electrons. The highest BCUT2D eigenvalue weighted by molar-refractivity contribution is 4.96. The van der Waals surface area contributed by atoms with Crippen molar-refractivity contribution < 1.29 is 0 Å². The van der Waals surface area contributed by atoms with E-state index in [4.69, 9.17) is 0 Å². The summed E-state index contributed by atoms with van der Waals surface area (Å²) in [6, 6.07) is 0. The lowest BCUT2D eigenvalue weighted by atomic mass is 9.92. The molecule has 2 fully saturated rings. The minimum Gasteiger partial charge on any atom is -0.303 e. The lowest BCUT2D eigenvalue weighted by molar-refractivity contribution is 0.269. The second kappa shape index (κ2) is 3.02. The number of rotatable bonds is 1. The fourth-order valence-electron chi connectivity index (χ4n) is 2.75. The van der Waals surface area contributed by atoms with Crippen LogP contribution in [0.25, 0.3) is 0 Å². The van der Waals surface area contributed by atoms with Crippen LogP contribution >= 0.6 is 0 Å². The van der Waals surface area contributed by atoms with Crippen molar-refractivity contribution in [3.63, 3.8) is 0 Å². The molecule has 70 valence electrons. The Bertz CT molecular complexity index is 160. The van der Waals surface area contributed by atoms with Gasteiger partial charge in [0, 0.05) is 6.54 Å². The fraction of sp³-hybridized carbons (Fsp3) is 1.00. The molecule has 1 spiro atoms. The Morgan fingerprint density at radius 2 is 2.08 bits per heavy atom. The van der Waals surface area contributed by atoms with Crippen molar-refractivity contribution in [2.75, 3.05) is 19.6 Å². The van der Waals surface area contributed by atoms with Crippen molar-refractivity contribution >= 4 is 0 Å². The topological polar surface area (TPSA) is 3.24 Å². The quantitative estimate of drug-likeness (QED) is 0.580. The standard InChI is InChI=1S/C11H21N/c1-3-12-7-6-11(4-5-11)8-10(2)9-12/h10H,3-9H2,1-2H3/t10-/m0/s1. The highest BCUT2D eigenvalue weighted by atomic mass is 15.1. The lowest BCUT2D eigenvalue weighted by Gasteiger charge is -2.19. The highest BCUT2D eigenvalue weighted by Gasteiger charge is 2.44. The number of nitrogens with zero attached hydrogens (tertiary/aromatic N) is 1. The van der Waals surface area contributed by atoms with E-state index in [-0.39, 0.29) is 0 Å². The Kier molecular flexibility index (Phi) is 2.16. The molecule has 0 unspecified atom stereocenters. The Morgan fingerprint density at radius 3 is 2.67 bits per heavy atom. The molecule has 2 aliphatic rings. The third kappa shape index (κ3) is 1.66. The molecular weight excluding hydrogens is 146 g/mol. The van der Waals surface area contributed by atoms with Crippen LogP contribution in [0, 0.1) is 11.3 Å². The second-order valence-corrected chi connectivity index (χ2v) is 4.95. The third-order valence-corrected chi connectivity index (χ3v) is 3.71. The Morgan fingerprint density at radius 1 is 1.33 bits per heavy atom. The van der Waals surface area contributed by atoms with E-state index in [1.165, 1.54) is 45.3 Å². The third-order valence-electron chi connectivity index (χ3n) is 3.71. The van der Waals surface area contributed by atoms with Gasteiger partial charge in [-0.3, -0.25) is 0 Å². The van der Waals surface area contributed by atoms with Gasteiger partial charge in [0.1, 0.15) is 0 Å². The Balaban J connectivity index is 1.95. The molecule has 1 atom stereocenters. The van der Waals surface area contributed by atoms with Crippen LogP contribution in [0.2, 0.25) is 0 Å². The molecule has 12 heavy (non-hydrogen) atoms. The van der Waals surface area contributed by atoms with Crippen LogP contribution in [0.1, 0.15) is 39.5 Å². The van der Waals surface area contributed by atoms with Gasteiger partial charge < -0.3 is 4.90 Å². The first-order valence-electron chi connectivity index (χ1n) is 5.46. The van der Waals surface area contributed by atoms with Crippen molar-refractivity contribution in [2.45, 2.75) is 39.5 Å². The molecule has 2 rings (SSSR count). The van der Waals surface area contributed by atoms with Gasteiger partial charge in [0.2, 0.25) is 0 Å². The summed E-state index contributed by atoms with van der Waals surface area (Å²) in [7, 11) is 0. The minimum absolute atomic E-state index is 0.823. The highest BCUT2D eigenvalue weighted by Crippen LogP contribution is 2.54. The molecule has 1 aliphatic carbocycles. The van der Waals surface area contributed by atoms with Crippen molar-refractivity contribution in [1.29, 1.82) is 0 Å². The maximum atomic E-state index is 2.62. The summed E-state index contributed by atoms with van der Waals surface area (Å²) in [6.45, 7) is 8.67. The summed E-state index contributed by atoms with van der Waals surface area (Å²) >= 11 is 0. The van der Waals surface area contributed by atoms with E-state index in [0.717, 1.165) is 11.3 Å². The zero-order valence-electron chi connectivity index (χ0n) is 8.47. The minimum atomic E-state index is 0.823. The molecule has 0 aromatic carbocycles. The van der Waals surface area contributed by atoms with Gasteiger partial charge >= 0.3 is 0 Å². The van der Waals surface area contributed by atoms with Crippen LogP contribution < -0.4 is 0 Å². The van der Waals surface area contributed by atoms with Crippen LogP contribution in [0.15, 0.2) is 0 Å². The SMILES string of the molecule is CCN1CCC2(CC2)C[C@H](C)C1. The van der Waals surface area contributed by atoms with Gasteiger partial charge in [-0.15, -0.1) is 0 Å². The normalized spacial score (nSPS) is 35.0. The van der Waals surface area contributed by atoms with Crippen molar-refractivity contribution in [3.05, 3.63) is 0 Å². The van der Waals surface area contributed by atoms with E-state index in [1.807, 2.05) is 0 Å². The lowest BCUT2D eigenvalue weighted by Crippen LogP contribution is -2.27. The zero-order chi connectivity index (χ0) is 8.60. The summed E-state index contributed by atoms with van der Waals surface area (Å²) in [6.07, 6.45) is 6.03. The summed E-state index contributed by atoms with van der Waals surface area (Å²) in [4.78, 5) is 2.62. The monoisotopic (exact) mass is 167 g/mol. The predicted octanol–water partition coefficient (Wildman–Crippen LogP) is 2.52. The summed E-state index contributed by atoms with van der Waals surface area (Å²) in [5, 5.41) is 0. The molecule has 1 saturated carbocycles. The first kappa shape index (κ1) is 8.55. The molecule has 0 aromatic rings. The summed E-state index contributed by atoms with van der Waals surface area (Å²) < 4.78 is 0.